The van der Waals surface area contributed by atoms with Crippen molar-refractivity contribution in [2.24, 2.45) is 26.9 Å². The monoisotopic (exact) mass is 455 g/mol. The number of nitrogens with two attached hydrogens (primary N) is 2. The quantitative estimate of drug-likeness (QED) is 0.196. The first kappa shape index (κ1) is 23.1. The summed E-state index contributed by atoms with van der Waals surface area (Å²) >= 11 is 0. The van der Waals surface area contributed by atoms with Crippen LogP contribution < -0.4 is 27.4 Å². The van der Waals surface area contributed by atoms with Crippen LogP contribution in [0.4, 0.5) is 17.3 Å². The molecule has 14 heteroatoms. The number of amidine groups is 1. The van der Waals surface area contributed by atoms with E-state index in [1.54, 1.807) is 31.9 Å². The Morgan fingerprint density at radius 2 is 1.58 bits per heavy atom. The first-order valence-corrected chi connectivity index (χ1v) is 9.79. The van der Waals surface area contributed by atoms with E-state index in [0.29, 0.717) is 5.69 Å². The Bertz CT molecular complexity index is 1230. The van der Waals surface area contributed by atoms with Gasteiger partial charge < -0.3 is 32.0 Å². The van der Waals surface area contributed by atoms with E-state index in [-0.39, 0.29) is 47.5 Å². The van der Waals surface area contributed by atoms with E-state index in [0.717, 1.165) is 0 Å². The van der Waals surface area contributed by atoms with Crippen molar-refractivity contribution in [2.75, 3.05) is 22.9 Å². The molecule has 0 saturated heterocycles. The number of nitrogens with one attached hydrogen (secondary N) is 4. The first-order chi connectivity index (χ1) is 15.5. The second kappa shape index (κ2) is 9.25. The van der Waals surface area contributed by atoms with E-state index < -0.39 is 17.7 Å². The van der Waals surface area contributed by atoms with Crippen molar-refractivity contribution in [1.29, 1.82) is 5.41 Å². The predicted octanol–water partition coefficient (Wildman–Crippen LogP) is -0.365. The number of rotatable bonds is 8. The molecule has 0 bridgehead atoms. The van der Waals surface area contributed by atoms with Crippen molar-refractivity contribution >= 4 is 40.9 Å². The molecule has 33 heavy (non-hydrogen) atoms. The molecule has 0 aliphatic carbocycles. The van der Waals surface area contributed by atoms with Gasteiger partial charge in [-0.2, -0.15) is 10.2 Å². The lowest BCUT2D eigenvalue weighted by Gasteiger charge is -2.03. The first-order valence-electron chi connectivity index (χ1n) is 9.79. The maximum atomic E-state index is 12.7. The number of nitrogen functional groups attached to an aromatic ring is 1. The van der Waals surface area contributed by atoms with Gasteiger partial charge in [0.25, 0.3) is 17.7 Å². The van der Waals surface area contributed by atoms with Crippen LogP contribution in [0.2, 0.25) is 0 Å². The molecular weight excluding hydrogens is 430 g/mol. The van der Waals surface area contributed by atoms with Gasteiger partial charge in [0.15, 0.2) is 5.82 Å². The lowest BCUT2D eigenvalue weighted by molar-refractivity contribution is 0.0943. The van der Waals surface area contributed by atoms with E-state index >= 15 is 0 Å². The number of aryl methyl sites for hydroxylation is 3. The van der Waals surface area contributed by atoms with Crippen molar-refractivity contribution in [2.45, 2.75) is 6.42 Å². The maximum absolute atomic E-state index is 12.7. The van der Waals surface area contributed by atoms with Gasteiger partial charge in [0.1, 0.15) is 22.9 Å². The van der Waals surface area contributed by atoms with Gasteiger partial charge in [0.05, 0.1) is 11.5 Å². The van der Waals surface area contributed by atoms with Crippen LogP contribution in [0.25, 0.3) is 0 Å². The number of nitrogens with zero attached hydrogens (tertiary/aromatic N) is 5. The van der Waals surface area contributed by atoms with Gasteiger partial charge in [-0.05, 0) is 6.07 Å². The van der Waals surface area contributed by atoms with Crippen molar-refractivity contribution in [3.8, 4) is 0 Å². The van der Waals surface area contributed by atoms with Gasteiger partial charge in [0, 0.05) is 52.4 Å². The number of amides is 3. The van der Waals surface area contributed by atoms with Crippen molar-refractivity contribution in [3.63, 3.8) is 0 Å². The third-order valence-corrected chi connectivity index (χ3v) is 4.66. The lowest BCUT2D eigenvalue weighted by Crippen LogP contribution is -2.29. The van der Waals surface area contributed by atoms with Crippen LogP contribution in [0.5, 0.6) is 0 Å². The van der Waals surface area contributed by atoms with Gasteiger partial charge in [-0.15, -0.1) is 0 Å². The highest BCUT2D eigenvalue weighted by Gasteiger charge is 2.19. The van der Waals surface area contributed by atoms with Crippen molar-refractivity contribution in [1.82, 2.24) is 29.4 Å². The standard InChI is InChI=1S/C19H25N11O3/c1-28-9-10(24-19(33)12-7-15(22)26-29(12)2)6-11(28)18(32)25-16-8-13(30(3)27-16)17(31)23-5-4-14(20)21/h6-9H,4-5H2,1-3H3,(H3,20,21)(H2,22,26)(H,23,31)(H,24,33)(H,25,27,32). The number of aromatic nitrogens is 5. The van der Waals surface area contributed by atoms with Gasteiger partial charge in [-0.1, -0.05) is 0 Å². The molecule has 0 radical (unpaired) electrons. The summed E-state index contributed by atoms with van der Waals surface area (Å²) in [6.07, 6.45) is 1.81. The predicted molar refractivity (Wildman–Crippen MR) is 121 cm³/mol. The van der Waals surface area contributed by atoms with E-state index in [1.165, 1.54) is 27.6 Å². The number of carbonyl (C=O) groups is 3. The molecule has 174 valence electrons. The summed E-state index contributed by atoms with van der Waals surface area (Å²) in [5.74, 6) is -0.953. The van der Waals surface area contributed by atoms with Crippen LogP contribution in [0.3, 0.4) is 0 Å². The molecule has 0 saturated carbocycles. The second-order valence-electron chi connectivity index (χ2n) is 7.28. The largest absolute Gasteiger partial charge is 0.388 e. The fourth-order valence-electron chi connectivity index (χ4n) is 3.08. The molecule has 3 heterocycles. The number of anilines is 3. The summed E-state index contributed by atoms with van der Waals surface area (Å²) in [5.41, 5.74) is 12.0. The second-order valence-corrected chi connectivity index (χ2v) is 7.28. The molecular formula is C19H25N11O3. The van der Waals surface area contributed by atoms with E-state index in [1.807, 2.05) is 0 Å². The highest BCUT2D eigenvalue weighted by atomic mass is 16.2. The van der Waals surface area contributed by atoms with E-state index in [4.69, 9.17) is 16.9 Å². The number of hydrogen-bond acceptors (Lipinski definition) is 7. The zero-order chi connectivity index (χ0) is 24.3. The van der Waals surface area contributed by atoms with Crippen LogP contribution >= 0.6 is 0 Å². The Morgan fingerprint density at radius 1 is 0.939 bits per heavy atom. The van der Waals surface area contributed by atoms with Gasteiger partial charge in [-0.3, -0.25) is 29.2 Å². The number of hydrogen-bond donors (Lipinski definition) is 6. The molecule has 0 fully saturated rings. The minimum absolute atomic E-state index is 0.0316. The van der Waals surface area contributed by atoms with Crippen LogP contribution in [0, 0.1) is 5.41 Å². The normalized spacial score (nSPS) is 10.6. The van der Waals surface area contributed by atoms with Crippen molar-refractivity contribution in [3.05, 3.63) is 41.5 Å². The molecule has 3 amide bonds. The molecule has 8 N–H and O–H groups in total. The Labute approximate surface area is 188 Å². The third-order valence-electron chi connectivity index (χ3n) is 4.66. The van der Waals surface area contributed by atoms with Crippen molar-refractivity contribution < 1.29 is 14.4 Å². The molecule has 0 aromatic carbocycles. The summed E-state index contributed by atoms with van der Waals surface area (Å²) in [6.45, 7) is 0.213. The molecule has 3 rings (SSSR count). The molecule has 0 aliphatic rings. The highest BCUT2D eigenvalue weighted by Crippen LogP contribution is 2.17. The van der Waals surface area contributed by atoms with Crippen LogP contribution in [-0.4, -0.2) is 54.2 Å². The molecule has 0 unspecified atom stereocenters. The molecule has 14 nitrogen and oxygen atoms in total. The summed E-state index contributed by atoms with van der Waals surface area (Å²) in [4.78, 5) is 37.4. The third kappa shape index (κ3) is 5.36. The van der Waals surface area contributed by atoms with Crippen LogP contribution in [0.15, 0.2) is 24.4 Å². The van der Waals surface area contributed by atoms with Crippen LogP contribution in [-0.2, 0) is 21.1 Å². The molecule has 0 spiro atoms. The average molecular weight is 455 g/mol. The SMILES string of the molecule is Cn1cc(NC(=O)c2cc(N)nn2C)cc1C(=O)Nc1cc(C(=O)NCCC(=N)N)n(C)n1. The number of carbonyl (C=O) groups excluding carboxylic acids is 3. The average Bonchev–Trinajstić information content (AvgIpc) is 3.37. The summed E-state index contributed by atoms with van der Waals surface area (Å²) in [6, 6.07) is 4.38. The van der Waals surface area contributed by atoms with Gasteiger partial charge >= 0.3 is 0 Å². The molecule has 3 aromatic heterocycles. The Hall–Kier alpha value is -4.62. The molecule has 0 aliphatic heterocycles. The minimum atomic E-state index is -0.482. The van der Waals surface area contributed by atoms with Crippen LogP contribution in [0.1, 0.15) is 37.9 Å². The fraction of sp³-hybridized carbons (Fsp3) is 0.263. The fourth-order valence-corrected chi connectivity index (χ4v) is 3.08. The Balaban J connectivity index is 1.67. The smallest absolute Gasteiger partial charge is 0.274 e. The summed E-state index contributed by atoms with van der Waals surface area (Å²) < 4.78 is 4.23. The topological polar surface area (TPSA) is 204 Å². The molecule has 3 aromatic rings. The Morgan fingerprint density at radius 3 is 2.21 bits per heavy atom. The van der Waals surface area contributed by atoms with Gasteiger partial charge in [-0.25, -0.2) is 0 Å². The lowest BCUT2D eigenvalue weighted by atomic mass is 10.3. The maximum Gasteiger partial charge on any atom is 0.274 e. The summed E-state index contributed by atoms with van der Waals surface area (Å²) in [7, 11) is 4.82. The zero-order valence-corrected chi connectivity index (χ0v) is 18.3. The Kier molecular flexibility index (Phi) is 6.46. The van der Waals surface area contributed by atoms with Gasteiger partial charge in [0.2, 0.25) is 0 Å². The molecule has 0 atom stereocenters. The van der Waals surface area contributed by atoms with E-state index in [2.05, 4.69) is 26.1 Å². The minimum Gasteiger partial charge on any atom is -0.388 e. The highest BCUT2D eigenvalue weighted by molar-refractivity contribution is 6.07. The zero-order valence-electron chi connectivity index (χ0n) is 18.3. The summed E-state index contributed by atoms with van der Waals surface area (Å²) in [5, 5.41) is 23.2. The van der Waals surface area contributed by atoms with E-state index in [9.17, 15) is 14.4 Å².